The maximum atomic E-state index is 12.1. The highest BCUT2D eigenvalue weighted by Gasteiger charge is 2.13. The Morgan fingerprint density at radius 2 is 1.66 bits per heavy atom. The van der Waals surface area contributed by atoms with Crippen LogP contribution in [0.3, 0.4) is 0 Å². The van der Waals surface area contributed by atoms with Gasteiger partial charge < -0.3 is 9.47 Å². The molecule has 0 saturated heterocycles. The van der Waals surface area contributed by atoms with Gasteiger partial charge in [-0.2, -0.15) is 5.10 Å². The van der Waals surface area contributed by atoms with Crippen molar-refractivity contribution in [1.82, 2.24) is 5.43 Å². The lowest BCUT2D eigenvalue weighted by atomic mass is 9.86. The number of nitrogens with zero attached hydrogens (tertiary/aromatic N) is 1. The minimum atomic E-state index is -0.114. The number of hydrazone groups is 1. The second-order valence-corrected chi connectivity index (χ2v) is 7.81. The van der Waals surface area contributed by atoms with Crippen LogP contribution in [-0.4, -0.2) is 25.3 Å². The van der Waals surface area contributed by atoms with Gasteiger partial charge in [0.15, 0.2) is 11.5 Å². The zero-order chi connectivity index (χ0) is 21.3. The van der Waals surface area contributed by atoms with Crippen LogP contribution in [0.5, 0.6) is 11.5 Å². The second kappa shape index (κ2) is 10.6. The van der Waals surface area contributed by atoms with Gasteiger partial charge in [0.05, 0.1) is 19.4 Å². The van der Waals surface area contributed by atoms with E-state index >= 15 is 0 Å². The van der Waals surface area contributed by atoms with E-state index in [0.717, 1.165) is 11.1 Å². The lowest BCUT2D eigenvalue weighted by Gasteiger charge is -2.19. The van der Waals surface area contributed by atoms with Gasteiger partial charge in [-0.15, -0.1) is 0 Å². The average molecular weight is 397 g/mol. The van der Waals surface area contributed by atoms with E-state index in [0.29, 0.717) is 37.6 Å². The summed E-state index contributed by atoms with van der Waals surface area (Å²) in [5.74, 6) is 1.26. The quantitative estimate of drug-likeness (QED) is 0.486. The molecule has 0 spiro atoms. The Balaban J connectivity index is 1.87. The molecular weight excluding hydrogens is 364 g/mol. The largest absolute Gasteiger partial charge is 0.490 e. The number of carbonyl (C=O) groups excluding carboxylic acids is 1. The van der Waals surface area contributed by atoms with Crippen molar-refractivity contribution < 1.29 is 14.3 Å². The average Bonchev–Trinajstić information content (AvgIpc) is 2.68. The fourth-order valence-corrected chi connectivity index (χ4v) is 2.81. The summed E-state index contributed by atoms with van der Waals surface area (Å²) in [6.07, 6.45) is 2.68. The van der Waals surface area contributed by atoms with Crippen LogP contribution in [0.25, 0.3) is 0 Å². The predicted molar refractivity (Wildman–Crippen MR) is 118 cm³/mol. The van der Waals surface area contributed by atoms with Crippen LogP contribution in [0.15, 0.2) is 47.6 Å². The number of carbonyl (C=O) groups is 1. The molecule has 0 aliphatic carbocycles. The van der Waals surface area contributed by atoms with Gasteiger partial charge in [0.1, 0.15) is 0 Å². The molecule has 5 nitrogen and oxygen atoms in total. The van der Waals surface area contributed by atoms with Crippen LogP contribution in [0.1, 0.15) is 57.7 Å². The van der Waals surface area contributed by atoms with Gasteiger partial charge in [0, 0.05) is 6.42 Å². The Kier molecular flexibility index (Phi) is 8.25. The van der Waals surface area contributed by atoms with Gasteiger partial charge in [-0.05, 0) is 60.6 Å². The zero-order valence-corrected chi connectivity index (χ0v) is 18.1. The zero-order valence-electron chi connectivity index (χ0n) is 18.1. The molecular formula is C24H32N2O3. The van der Waals surface area contributed by atoms with Crippen LogP contribution in [-0.2, 0) is 16.6 Å². The molecule has 0 unspecified atom stereocenters. The molecule has 2 rings (SSSR count). The van der Waals surface area contributed by atoms with Crippen molar-refractivity contribution in [3.8, 4) is 11.5 Å². The van der Waals surface area contributed by atoms with Crippen molar-refractivity contribution in [1.29, 1.82) is 0 Å². The van der Waals surface area contributed by atoms with Crippen LogP contribution in [0.4, 0.5) is 0 Å². The monoisotopic (exact) mass is 396 g/mol. The molecule has 0 heterocycles. The van der Waals surface area contributed by atoms with Gasteiger partial charge in [0.25, 0.3) is 0 Å². The first-order chi connectivity index (χ1) is 13.8. The molecule has 29 heavy (non-hydrogen) atoms. The molecule has 1 N–H and O–H groups in total. The maximum Gasteiger partial charge on any atom is 0.240 e. The molecule has 5 heteroatoms. The third-order valence-corrected chi connectivity index (χ3v) is 4.43. The summed E-state index contributed by atoms with van der Waals surface area (Å²) < 4.78 is 11.1. The predicted octanol–water partition coefficient (Wildman–Crippen LogP) is 4.86. The molecule has 0 aromatic heterocycles. The van der Waals surface area contributed by atoms with E-state index in [1.54, 1.807) is 6.21 Å². The van der Waals surface area contributed by atoms with Gasteiger partial charge >= 0.3 is 0 Å². The first-order valence-corrected chi connectivity index (χ1v) is 10.1. The summed E-state index contributed by atoms with van der Waals surface area (Å²) in [7, 11) is 0. The summed E-state index contributed by atoms with van der Waals surface area (Å²) in [4.78, 5) is 12.1. The lowest BCUT2D eigenvalue weighted by Crippen LogP contribution is -2.18. The van der Waals surface area contributed by atoms with Crippen molar-refractivity contribution in [2.45, 2.75) is 52.9 Å². The van der Waals surface area contributed by atoms with Crippen molar-refractivity contribution in [2.75, 3.05) is 13.2 Å². The summed E-state index contributed by atoms with van der Waals surface area (Å²) >= 11 is 0. The normalized spacial score (nSPS) is 11.5. The van der Waals surface area contributed by atoms with Crippen molar-refractivity contribution in [3.63, 3.8) is 0 Å². The van der Waals surface area contributed by atoms with E-state index in [1.165, 1.54) is 5.56 Å². The molecule has 0 aliphatic rings. The lowest BCUT2D eigenvalue weighted by molar-refractivity contribution is -0.121. The summed E-state index contributed by atoms with van der Waals surface area (Å²) in [6, 6.07) is 14.0. The molecule has 0 fully saturated rings. The Labute approximate surface area is 174 Å². The van der Waals surface area contributed by atoms with Crippen molar-refractivity contribution in [3.05, 3.63) is 59.2 Å². The van der Waals surface area contributed by atoms with E-state index in [1.807, 2.05) is 32.0 Å². The Bertz CT molecular complexity index is 821. The van der Waals surface area contributed by atoms with Gasteiger partial charge in [-0.1, -0.05) is 45.0 Å². The van der Waals surface area contributed by atoms with Crippen LogP contribution >= 0.6 is 0 Å². The van der Waals surface area contributed by atoms with Crippen LogP contribution < -0.4 is 14.9 Å². The summed E-state index contributed by atoms with van der Waals surface area (Å²) in [5, 5.41) is 4.06. The SMILES string of the molecule is CCOc1ccc(/C=N/NC(=O)CCc2ccc(C(C)(C)C)cc2)cc1OCC. The molecule has 2 aromatic rings. The molecule has 1 amide bonds. The van der Waals surface area contributed by atoms with Gasteiger partial charge in [0.2, 0.25) is 5.91 Å². The fraction of sp³-hybridized carbons (Fsp3) is 0.417. The highest BCUT2D eigenvalue weighted by molar-refractivity contribution is 5.83. The van der Waals surface area contributed by atoms with E-state index in [9.17, 15) is 4.79 Å². The standard InChI is InChI=1S/C24H32N2O3/c1-6-28-21-14-10-19(16-22(21)29-7-2)17-25-26-23(27)15-11-18-8-12-20(13-9-18)24(3,4)5/h8-10,12-14,16-17H,6-7,11,15H2,1-5H3,(H,26,27)/b25-17+. The first kappa shape index (κ1) is 22.5. The smallest absolute Gasteiger partial charge is 0.240 e. The Morgan fingerprint density at radius 1 is 1.00 bits per heavy atom. The molecule has 0 bridgehead atoms. The van der Waals surface area contributed by atoms with E-state index in [-0.39, 0.29) is 11.3 Å². The number of benzene rings is 2. The number of aryl methyl sites for hydroxylation is 1. The van der Waals surface area contributed by atoms with Crippen LogP contribution in [0, 0.1) is 0 Å². The molecule has 156 valence electrons. The highest BCUT2D eigenvalue weighted by Crippen LogP contribution is 2.28. The van der Waals surface area contributed by atoms with Crippen molar-refractivity contribution >= 4 is 12.1 Å². The Morgan fingerprint density at radius 3 is 2.28 bits per heavy atom. The minimum Gasteiger partial charge on any atom is -0.490 e. The number of hydrogen-bond acceptors (Lipinski definition) is 4. The van der Waals surface area contributed by atoms with E-state index < -0.39 is 0 Å². The summed E-state index contributed by atoms with van der Waals surface area (Å²) in [5.41, 5.74) is 5.98. The topological polar surface area (TPSA) is 59.9 Å². The molecule has 0 saturated carbocycles. The summed E-state index contributed by atoms with van der Waals surface area (Å²) in [6.45, 7) is 11.5. The third kappa shape index (κ3) is 7.26. The fourth-order valence-electron chi connectivity index (χ4n) is 2.81. The van der Waals surface area contributed by atoms with Gasteiger partial charge in [-0.25, -0.2) is 5.43 Å². The molecule has 2 aromatic carbocycles. The maximum absolute atomic E-state index is 12.1. The van der Waals surface area contributed by atoms with E-state index in [2.05, 4.69) is 55.6 Å². The highest BCUT2D eigenvalue weighted by atomic mass is 16.5. The number of amides is 1. The van der Waals surface area contributed by atoms with E-state index in [4.69, 9.17) is 9.47 Å². The third-order valence-electron chi connectivity index (χ3n) is 4.43. The molecule has 0 radical (unpaired) electrons. The van der Waals surface area contributed by atoms with Crippen LogP contribution in [0.2, 0.25) is 0 Å². The van der Waals surface area contributed by atoms with Crippen molar-refractivity contribution in [2.24, 2.45) is 5.10 Å². The first-order valence-electron chi connectivity index (χ1n) is 10.1. The number of nitrogens with one attached hydrogen (secondary N) is 1. The molecule has 0 aliphatic heterocycles. The molecule has 0 atom stereocenters. The Hall–Kier alpha value is -2.82. The second-order valence-electron chi connectivity index (χ2n) is 7.81. The van der Waals surface area contributed by atoms with Gasteiger partial charge in [-0.3, -0.25) is 4.79 Å². The number of rotatable bonds is 9. The minimum absolute atomic E-state index is 0.114. The number of hydrogen-bond donors (Lipinski definition) is 1. The number of ether oxygens (including phenoxy) is 2.